The third kappa shape index (κ3) is 3.48. The molecule has 22 heavy (non-hydrogen) atoms. The number of nitrogens with one attached hydrogen (secondary N) is 2. The highest BCUT2D eigenvalue weighted by atomic mass is 15.3. The highest BCUT2D eigenvalue weighted by Crippen LogP contribution is 2.25. The molecule has 1 aliphatic rings. The predicted molar refractivity (Wildman–Crippen MR) is 90.5 cm³/mol. The molecule has 0 radical (unpaired) electrons. The maximum Gasteiger partial charge on any atom is 0.157 e. The second-order valence-corrected chi connectivity index (χ2v) is 6.07. The van der Waals surface area contributed by atoms with Crippen LogP contribution in [0.5, 0.6) is 0 Å². The molecule has 0 saturated carbocycles. The van der Waals surface area contributed by atoms with E-state index in [0.717, 1.165) is 50.5 Å². The summed E-state index contributed by atoms with van der Waals surface area (Å²) in [4.78, 5) is 2.22. The van der Waals surface area contributed by atoms with Crippen molar-refractivity contribution >= 4 is 11.5 Å². The predicted octanol–water partition coefficient (Wildman–Crippen LogP) is 2.22. The fourth-order valence-corrected chi connectivity index (χ4v) is 2.90. The average molecular weight is 299 g/mol. The van der Waals surface area contributed by atoms with Crippen molar-refractivity contribution in [2.24, 2.45) is 0 Å². The standard InChI is InChI=1S/C17H25N5/c1-21(2)11-6-12-22-16-9-10-18-13-15(16)17(20-22)19-14-7-4-3-5-8-14/h3-5,7-8,18H,6,9-13H2,1-2H3,(H,19,20). The van der Waals surface area contributed by atoms with Crippen LogP contribution in [-0.4, -0.2) is 41.9 Å². The van der Waals surface area contributed by atoms with E-state index < -0.39 is 0 Å². The minimum absolute atomic E-state index is 0.901. The smallest absolute Gasteiger partial charge is 0.157 e. The largest absolute Gasteiger partial charge is 0.338 e. The summed E-state index contributed by atoms with van der Waals surface area (Å²) >= 11 is 0. The van der Waals surface area contributed by atoms with E-state index in [2.05, 4.69) is 46.4 Å². The summed E-state index contributed by atoms with van der Waals surface area (Å²) in [6.07, 6.45) is 2.18. The van der Waals surface area contributed by atoms with Crippen molar-refractivity contribution < 1.29 is 0 Å². The zero-order valence-electron chi connectivity index (χ0n) is 13.5. The van der Waals surface area contributed by atoms with Gasteiger partial charge in [-0.3, -0.25) is 4.68 Å². The number of para-hydroxylation sites is 1. The molecule has 0 amide bonds. The lowest BCUT2D eigenvalue weighted by Gasteiger charge is -2.16. The van der Waals surface area contributed by atoms with Crippen LogP contribution < -0.4 is 10.6 Å². The van der Waals surface area contributed by atoms with E-state index in [4.69, 9.17) is 5.10 Å². The molecule has 2 heterocycles. The summed E-state index contributed by atoms with van der Waals surface area (Å²) in [6, 6.07) is 10.3. The molecule has 2 aromatic rings. The van der Waals surface area contributed by atoms with Crippen LogP contribution >= 0.6 is 0 Å². The molecule has 3 rings (SSSR count). The minimum Gasteiger partial charge on any atom is -0.338 e. The van der Waals surface area contributed by atoms with E-state index in [-0.39, 0.29) is 0 Å². The van der Waals surface area contributed by atoms with Gasteiger partial charge in [0.15, 0.2) is 5.82 Å². The van der Waals surface area contributed by atoms with Crippen LogP contribution in [0.25, 0.3) is 0 Å². The molecule has 0 aliphatic carbocycles. The van der Waals surface area contributed by atoms with Crippen molar-refractivity contribution in [3.63, 3.8) is 0 Å². The van der Waals surface area contributed by atoms with E-state index in [1.165, 1.54) is 11.3 Å². The van der Waals surface area contributed by atoms with Gasteiger partial charge in [-0.05, 0) is 39.2 Å². The van der Waals surface area contributed by atoms with E-state index >= 15 is 0 Å². The van der Waals surface area contributed by atoms with Crippen LogP contribution in [-0.2, 0) is 19.5 Å². The molecule has 0 saturated heterocycles. The number of aromatic nitrogens is 2. The first-order valence-corrected chi connectivity index (χ1v) is 8.00. The van der Waals surface area contributed by atoms with Crippen LogP contribution in [0.3, 0.4) is 0 Å². The molecule has 0 fully saturated rings. The zero-order chi connectivity index (χ0) is 15.4. The molecular formula is C17H25N5. The number of hydrogen-bond donors (Lipinski definition) is 2. The minimum atomic E-state index is 0.901. The molecular weight excluding hydrogens is 274 g/mol. The molecule has 1 aromatic carbocycles. The van der Waals surface area contributed by atoms with Crippen molar-refractivity contribution in [2.45, 2.75) is 25.9 Å². The Morgan fingerprint density at radius 2 is 2.09 bits per heavy atom. The summed E-state index contributed by atoms with van der Waals surface area (Å²) in [5, 5.41) is 11.8. The number of rotatable bonds is 6. The first-order valence-electron chi connectivity index (χ1n) is 8.00. The summed E-state index contributed by atoms with van der Waals surface area (Å²) in [5.41, 5.74) is 3.80. The first kappa shape index (κ1) is 15.1. The maximum absolute atomic E-state index is 4.83. The van der Waals surface area contributed by atoms with E-state index in [1.54, 1.807) is 0 Å². The molecule has 0 atom stereocenters. The third-order valence-electron chi connectivity index (χ3n) is 4.02. The SMILES string of the molecule is CN(C)CCCn1nc(Nc2ccccc2)c2c1CCNC2. The van der Waals surface area contributed by atoms with Crippen LogP contribution in [0.4, 0.5) is 11.5 Å². The van der Waals surface area contributed by atoms with Gasteiger partial charge in [-0.2, -0.15) is 5.10 Å². The van der Waals surface area contributed by atoms with Crippen molar-refractivity contribution in [1.29, 1.82) is 0 Å². The topological polar surface area (TPSA) is 45.1 Å². The number of benzene rings is 1. The van der Waals surface area contributed by atoms with Gasteiger partial charge in [-0.1, -0.05) is 18.2 Å². The van der Waals surface area contributed by atoms with Crippen molar-refractivity contribution in [3.8, 4) is 0 Å². The van der Waals surface area contributed by atoms with Crippen molar-refractivity contribution in [1.82, 2.24) is 20.0 Å². The van der Waals surface area contributed by atoms with E-state index in [9.17, 15) is 0 Å². The number of hydrogen-bond acceptors (Lipinski definition) is 4. The highest BCUT2D eigenvalue weighted by molar-refractivity contribution is 5.60. The molecule has 2 N–H and O–H groups in total. The number of aryl methyl sites for hydroxylation is 1. The number of nitrogens with zero attached hydrogens (tertiary/aromatic N) is 3. The molecule has 118 valence electrons. The lowest BCUT2D eigenvalue weighted by Crippen LogP contribution is -2.25. The normalized spacial score (nSPS) is 14.1. The summed E-state index contributed by atoms with van der Waals surface area (Å²) in [5.74, 6) is 0.998. The molecule has 0 bridgehead atoms. The zero-order valence-corrected chi connectivity index (χ0v) is 13.5. The molecule has 0 unspecified atom stereocenters. The number of fused-ring (bicyclic) bond motifs is 1. The molecule has 0 spiro atoms. The van der Waals surface area contributed by atoms with E-state index in [1.807, 2.05) is 18.2 Å². The number of anilines is 2. The lowest BCUT2D eigenvalue weighted by atomic mass is 10.1. The Morgan fingerprint density at radius 1 is 1.27 bits per heavy atom. The lowest BCUT2D eigenvalue weighted by molar-refractivity contribution is 0.377. The Morgan fingerprint density at radius 3 is 2.86 bits per heavy atom. The quantitative estimate of drug-likeness (QED) is 0.858. The average Bonchev–Trinajstić information content (AvgIpc) is 2.86. The van der Waals surface area contributed by atoms with Gasteiger partial charge in [0.25, 0.3) is 0 Å². The van der Waals surface area contributed by atoms with Crippen molar-refractivity contribution in [3.05, 3.63) is 41.6 Å². The van der Waals surface area contributed by atoms with Gasteiger partial charge >= 0.3 is 0 Å². The van der Waals surface area contributed by atoms with Crippen LogP contribution in [0.2, 0.25) is 0 Å². The van der Waals surface area contributed by atoms with Gasteiger partial charge in [0, 0.05) is 43.0 Å². The highest BCUT2D eigenvalue weighted by Gasteiger charge is 2.20. The van der Waals surface area contributed by atoms with Gasteiger partial charge in [0.05, 0.1) is 0 Å². The van der Waals surface area contributed by atoms with Crippen LogP contribution in [0, 0.1) is 0 Å². The monoisotopic (exact) mass is 299 g/mol. The first-order chi connectivity index (χ1) is 10.7. The van der Waals surface area contributed by atoms with Gasteiger partial charge < -0.3 is 15.5 Å². The maximum atomic E-state index is 4.83. The Hall–Kier alpha value is -1.85. The second kappa shape index (κ2) is 6.94. The Bertz CT molecular complexity index is 603. The Labute approximate surface area is 132 Å². The van der Waals surface area contributed by atoms with Gasteiger partial charge in [-0.15, -0.1) is 0 Å². The summed E-state index contributed by atoms with van der Waals surface area (Å²) < 4.78 is 2.20. The molecule has 1 aromatic heterocycles. The molecule has 5 heteroatoms. The van der Waals surface area contributed by atoms with Crippen LogP contribution in [0.15, 0.2) is 30.3 Å². The fourth-order valence-electron chi connectivity index (χ4n) is 2.90. The van der Waals surface area contributed by atoms with E-state index in [0.29, 0.717) is 0 Å². The van der Waals surface area contributed by atoms with Gasteiger partial charge in [0.2, 0.25) is 0 Å². The Kier molecular flexibility index (Phi) is 4.75. The molecule has 5 nitrogen and oxygen atoms in total. The summed E-state index contributed by atoms with van der Waals surface area (Å²) in [6.45, 7) is 4.01. The van der Waals surface area contributed by atoms with Gasteiger partial charge in [0.1, 0.15) is 0 Å². The third-order valence-corrected chi connectivity index (χ3v) is 4.02. The second-order valence-electron chi connectivity index (χ2n) is 6.07. The molecule has 1 aliphatic heterocycles. The Balaban J connectivity index is 1.79. The summed E-state index contributed by atoms with van der Waals surface area (Å²) in [7, 11) is 4.23. The van der Waals surface area contributed by atoms with Crippen LogP contribution in [0.1, 0.15) is 17.7 Å². The fraction of sp³-hybridized carbons (Fsp3) is 0.471. The van der Waals surface area contributed by atoms with Crippen molar-refractivity contribution in [2.75, 3.05) is 32.5 Å². The van der Waals surface area contributed by atoms with Gasteiger partial charge in [-0.25, -0.2) is 0 Å².